The summed E-state index contributed by atoms with van der Waals surface area (Å²) in [6.45, 7) is 3.25. The number of hydrogen-bond acceptors (Lipinski definition) is 6. The Kier molecular flexibility index (Phi) is 6.79. The predicted octanol–water partition coefficient (Wildman–Crippen LogP) is 3.72. The lowest BCUT2D eigenvalue weighted by Gasteiger charge is -2.28. The third-order valence-corrected chi connectivity index (χ3v) is 5.96. The minimum absolute atomic E-state index is 0.0981. The molecule has 4 rings (SSSR count). The molecule has 0 saturated carbocycles. The van der Waals surface area contributed by atoms with Gasteiger partial charge in [-0.2, -0.15) is 0 Å². The quantitative estimate of drug-likeness (QED) is 0.532. The van der Waals surface area contributed by atoms with E-state index in [4.69, 9.17) is 9.26 Å². The van der Waals surface area contributed by atoms with Crippen LogP contribution in [0.2, 0.25) is 0 Å². The Morgan fingerprint density at radius 2 is 1.65 bits per heavy atom. The van der Waals surface area contributed by atoms with E-state index in [9.17, 15) is 9.90 Å². The molecule has 162 valence electrons. The average Bonchev–Trinajstić information content (AvgIpc) is 3.54. The Hall–Kier alpha value is -2.96. The highest BCUT2D eigenvalue weighted by Gasteiger charge is 2.42. The van der Waals surface area contributed by atoms with Gasteiger partial charge in [0.1, 0.15) is 6.26 Å². The van der Waals surface area contributed by atoms with Crippen LogP contribution >= 0.6 is 0 Å². The first kappa shape index (κ1) is 21.3. The van der Waals surface area contributed by atoms with Crippen molar-refractivity contribution in [2.75, 3.05) is 26.2 Å². The molecule has 1 aliphatic rings. The number of rotatable bonds is 9. The zero-order valence-electron chi connectivity index (χ0n) is 17.5. The summed E-state index contributed by atoms with van der Waals surface area (Å²) in [7, 11) is 0. The van der Waals surface area contributed by atoms with Gasteiger partial charge < -0.3 is 19.3 Å². The van der Waals surface area contributed by atoms with Crippen LogP contribution in [-0.2, 0) is 15.1 Å². The van der Waals surface area contributed by atoms with Gasteiger partial charge >= 0.3 is 5.97 Å². The van der Waals surface area contributed by atoms with E-state index >= 15 is 0 Å². The molecule has 0 spiro atoms. The fourth-order valence-electron chi connectivity index (χ4n) is 4.14. The highest BCUT2D eigenvalue weighted by molar-refractivity contribution is 5.85. The first-order chi connectivity index (χ1) is 15.2. The summed E-state index contributed by atoms with van der Waals surface area (Å²) < 4.78 is 10.8. The molecule has 0 unspecified atom stereocenters. The second kappa shape index (κ2) is 9.90. The normalized spacial score (nSPS) is 15.6. The summed E-state index contributed by atoms with van der Waals surface area (Å²) in [5.74, 6) is -0.793. The van der Waals surface area contributed by atoms with Gasteiger partial charge in [0.2, 0.25) is 5.60 Å². The summed E-state index contributed by atoms with van der Waals surface area (Å²) in [5.41, 5.74) is -0.177. The Morgan fingerprint density at radius 1 is 1.03 bits per heavy atom. The van der Waals surface area contributed by atoms with Gasteiger partial charge in [-0.25, -0.2) is 4.79 Å². The molecule has 0 aliphatic carbocycles. The molecule has 1 N–H and O–H groups in total. The number of hydrogen-bond donors (Lipinski definition) is 1. The first-order valence-corrected chi connectivity index (χ1v) is 10.8. The fourth-order valence-corrected chi connectivity index (χ4v) is 4.14. The molecule has 0 amide bonds. The van der Waals surface area contributed by atoms with Crippen LogP contribution in [0.3, 0.4) is 0 Å². The van der Waals surface area contributed by atoms with Crippen molar-refractivity contribution in [2.24, 2.45) is 0 Å². The van der Waals surface area contributed by atoms with E-state index in [2.05, 4.69) is 10.1 Å². The SMILES string of the molecule is O=C(OC[C@H](CCN1CCCC1)c1ccon1)C(O)(c1ccccc1)c1ccccc1. The Morgan fingerprint density at radius 3 is 2.19 bits per heavy atom. The van der Waals surface area contributed by atoms with Crippen molar-refractivity contribution in [3.63, 3.8) is 0 Å². The van der Waals surface area contributed by atoms with Crippen molar-refractivity contribution in [1.29, 1.82) is 0 Å². The number of esters is 1. The van der Waals surface area contributed by atoms with E-state index < -0.39 is 11.6 Å². The topological polar surface area (TPSA) is 75.8 Å². The Labute approximate surface area is 182 Å². The average molecular weight is 421 g/mol. The van der Waals surface area contributed by atoms with Crippen LogP contribution in [0.15, 0.2) is 77.5 Å². The summed E-state index contributed by atoms with van der Waals surface area (Å²) in [6.07, 6.45) is 4.79. The molecular weight excluding hydrogens is 392 g/mol. The molecule has 31 heavy (non-hydrogen) atoms. The molecule has 6 nitrogen and oxygen atoms in total. The lowest BCUT2D eigenvalue weighted by atomic mass is 9.86. The van der Waals surface area contributed by atoms with Crippen molar-refractivity contribution >= 4 is 5.97 Å². The standard InChI is InChI=1S/C25H28N2O4/c28-24(25(29,21-9-3-1-4-10-21)22-11-5-2-6-12-22)30-19-20(23-14-18-31-26-23)13-17-27-15-7-8-16-27/h1-6,9-12,14,18,20,29H,7-8,13,15-17,19H2/t20-/m0/s1. The summed E-state index contributed by atoms with van der Waals surface area (Å²) in [4.78, 5) is 15.7. The van der Waals surface area contributed by atoms with Crippen molar-refractivity contribution in [2.45, 2.75) is 30.8 Å². The molecule has 3 aromatic rings. The van der Waals surface area contributed by atoms with Crippen molar-refractivity contribution in [3.8, 4) is 0 Å². The van der Waals surface area contributed by atoms with Gasteiger partial charge in [0.05, 0.1) is 12.3 Å². The third-order valence-electron chi connectivity index (χ3n) is 5.96. The van der Waals surface area contributed by atoms with Gasteiger partial charge in [0.15, 0.2) is 0 Å². The number of likely N-dealkylation sites (tertiary alicyclic amines) is 1. The maximum absolute atomic E-state index is 13.3. The van der Waals surface area contributed by atoms with Crippen LogP contribution in [0.5, 0.6) is 0 Å². The zero-order valence-corrected chi connectivity index (χ0v) is 17.5. The number of aromatic nitrogens is 1. The van der Waals surface area contributed by atoms with Crippen LogP contribution in [0.1, 0.15) is 42.0 Å². The highest BCUT2D eigenvalue weighted by Crippen LogP contribution is 2.32. The smallest absolute Gasteiger partial charge is 0.347 e. The number of ether oxygens (including phenoxy) is 1. The minimum atomic E-state index is -1.88. The largest absolute Gasteiger partial charge is 0.462 e. The van der Waals surface area contributed by atoms with E-state index in [1.165, 1.54) is 19.1 Å². The highest BCUT2D eigenvalue weighted by atomic mass is 16.5. The number of carbonyl (C=O) groups excluding carboxylic acids is 1. The number of benzene rings is 2. The van der Waals surface area contributed by atoms with E-state index in [1.54, 1.807) is 48.5 Å². The van der Waals surface area contributed by atoms with E-state index in [1.807, 2.05) is 18.2 Å². The third kappa shape index (κ3) is 4.86. The second-order valence-electron chi connectivity index (χ2n) is 8.00. The zero-order chi connectivity index (χ0) is 21.5. The molecule has 1 aliphatic heterocycles. The van der Waals surface area contributed by atoms with Gasteiger partial charge in [-0.05, 0) is 50.0 Å². The van der Waals surface area contributed by atoms with E-state index in [0.717, 1.165) is 31.7 Å². The molecule has 6 heteroatoms. The second-order valence-corrected chi connectivity index (χ2v) is 8.00. The molecule has 1 saturated heterocycles. The van der Waals surface area contributed by atoms with Gasteiger partial charge in [-0.3, -0.25) is 0 Å². The van der Waals surface area contributed by atoms with Crippen LogP contribution < -0.4 is 0 Å². The molecule has 2 heterocycles. The van der Waals surface area contributed by atoms with Crippen LogP contribution in [-0.4, -0.2) is 47.4 Å². The van der Waals surface area contributed by atoms with Crippen molar-refractivity contribution < 1.29 is 19.2 Å². The molecule has 0 radical (unpaired) electrons. The predicted molar refractivity (Wildman–Crippen MR) is 116 cm³/mol. The van der Waals surface area contributed by atoms with Gasteiger partial charge in [-0.1, -0.05) is 65.8 Å². The summed E-state index contributed by atoms with van der Waals surface area (Å²) in [5, 5.41) is 15.6. The molecule has 1 fully saturated rings. The molecular formula is C25H28N2O4. The van der Waals surface area contributed by atoms with Crippen LogP contribution in [0, 0.1) is 0 Å². The number of carbonyl (C=O) groups is 1. The molecule has 2 aromatic carbocycles. The minimum Gasteiger partial charge on any atom is -0.462 e. The van der Waals surface area contributed by atoms with Crippen molar-refractivity contribution in [3.05, 3.63) is 89.8 Å². The lowest BCUT2D eigenvalue weighted by Crippen LogP contribution is -2.39. The van der Waals surface area contributed by atoms with Gasteiger partial charge in [-0.15, -0.1) is 0 Å². The first-order valence-electron chi connectivity index (χ1n) is 10.8. The van der Waals surface area contributed by atoms with Gasteiger partial charge in [0, 0.05) is 12.0 Å². The Bertz CT molecular complexity index is 899. The lowest BCUT2D eigenvalue weighted by molar-refractivity contribution is -0.162. The summed E-state index contributed by atoms with van der Waals surface area (Å²) in [6, 6.07) is 19.6. The number of aliphatic hydroxyl groups is 1. The maximum atomic E-state index is 13.3. The Balaban J connectivity index is 1.51. The molecule has 1 atom stereocenters. The molecule has 0 bridgehead atoms. The monoisotopic (exact) mass is 420 g/mol. The van der Waals surface area contributed by atoms with Gasteiger partial charge in [0.25, 0.3) is 0 Å². The summed E-state index contributed by atoms with van der Waals surface area (Å²) >= 11 is 0. The van der Waals surface area contributed by atoms with Crippen LogP contribution in [0.25, 0.3) is 0 Å². The van der Waals surface area contributed by atoms with E-state index in [-0.39, 0.29) is 12.5 Å². The maximum Gasteiger partial charge on any atom is 0.347 e. The van der Waals surface area contributed by atoms with Crippen LogP contribution in [0.4, 0.5) is 0 Å². The van der Waals surface area contributed by atoms with E-state index in [0.29, 0.717) is 11.1 Å². The fraction of sp³-hybridized carbons (Fsp3) is 0.360. The van der Waals surface area contributed by atoms with Crippen molar-refractivity contribution in [1.82, 2.24) is 10.1 Å². The molecule has 1 aromatic heterocycles. The number of nitrogens with zero attached hydrogens (tertiary/aromatic N) is 2.